The van der Waals surface area contributed by atoms with Gasteiger partial charge in [-0.3, -0.25) is 9.59 Å². The zero-order chi connectivity index (χ0) is 16.4. The monoisotopic (exact) mass is 308 g/mol. The maximum absolute atomic E-state index is 12.3. The summed E-state index contributed by atoms with van der Waals surface area (Å²) in [6, 6.07) is 10.5. The zero-order valence-electron chi connectivity index (χ0n) is 12.9. The number of nitrogens with one attached hydrogen (secondary N) is 1. The van der Waals surface area contributed by atoms with Crippen molar-refractivity contribution in [2.75, 3.05) is 5.32 Å². The molecular formula is C17H16N4O2. The van der Waals surface area contributed by atoms with Crippen LogP contribution in [0.25, 0.3) is 11.4 Å². The fraction of sp³-hybridized carbons (Fsp3) is 0.118. The van der Waals surface area contributed by atoms with Crippen molar-refractivity contribution in [2.45, 2.75) is 0 Å². The molecule has 1 amide bonds. The summed E-state index contributed by atoms with van der Waals surface area (Å²) in [5.41, 5.74) is 1.28. The maximum Gasteiger partial charge on any atom is 0.263 e. The number of imidazole rings is 1. The summed E-state index contributed by atoms with van der Waals surface area (Å²) in [6.07, 6.45) is 5.18. The number of rotatable bonds is 3. The molecule has 0 atom stereocenters. The molecule has 0 aliphatic rings. The van der Waals surface area contributed by atoms with E-state index in [4.69, 9.17) is 0 Å². The highest BCUT2D eigenvalue weighted by molar-refractivity contribution is 6.04. The molecule has 1 N–H and O–H groups in total. The van der Waals surface area contributed by atoms with Crippen LogP contribution >= 0.6 is 0 Å². The van der Waals surface area contributed by atoms with Crippen molar-refractivity contribution in [1.29, 1.82) is 0 Å². The van der Waals surface area contributed by atoms with Crippen LogP contribution in [0.2, 0.25) is 0 Å². The van der Waals surface area contributed by atoms with Crippen LogP contribution in [0.5, 0.6) is 0 Å². The van der Waals surface area contributed by atoms with Gasteiger partial charge in [-0.1, -0.05) is 12.1 Å². The van der Waals surface area contributed by atoms with Crippen molar-refractivity contribution in [3.63, 3.8) is 0 Å². The predicted octanol–water partition coefficient (Wildman–Crippen LogP) is 2.04. The number of amides is 1. The van der Waals surface area contributed by atoms with Gasteiger partial charge < -0.3 is 14.5 Å². The molecule has 0 fully saturated rings. The number of hydrogen-bond acceptors (Lipinski definition) is 3. The lowest BCUT2D eigenvalue weighted by Crippen LogP contribution is -2.27. The van der Waals surface area contributed by atoms with Crippen LogP contribution < -0.4 is 10.9 Å². The van der Waals surface area contributed by atoms with Crippen LogP contribution in [-0.2, 0) is 14.1 Å². The Balaban J connectivity index is 1.89. The van der Waals surface area contributed by atoms with Gasteiger partial charge in [-0.05, 0) is 24.3 Å². The smallest absolute Gasteiger partial charge is 0.263 e. The zero-order valence-corrected chi connectivity index (χ0v) is 12.9. The predicted molar refractivity (Wildman–Crippen MR) is 88.3 cm³/mol. The molecule has 0 radical (unpaired) electrons. The van der Waals surface area contributed by atoms with Crippen molar-refractivity contribution in [3.8, 4) is 11.4 Å². The Labute approximate surface area is 133 Å². The van der Waals surface area contributed by atoms with E-state index >= 15 is 0 Å². The Bertz CT molecular complexity index is 924. The van der Waals surface area contributed by atoms with Crippen molar-refractivity contribution in [1.82, 2.24) is 14.1 Å². The molecule has 116 valence electrons. The molecule has 0 bridgehead atoms. The molecule has 0 saturated carbocycles. The summed E-state index contributed by atoms with van der Waals surface area (Å²) >= 11 is 0. The lowest BCUT2D eigenvalue weighted by molar-refractivity contribution is 0.102. The largest absolute Gasteiger partial charge is 0.334 e. The van der Waals surface area contributed by atoms with E-state index in [1.807, 2.05) is 36.0 Å². The average molecular weight is 308 g/mol. The summed E-state index contributed by atoms with van der Waals surface area (Å²) in [5, 5.41) is 2.76. The quantitative estimate of drug-likeness (QED) is 0.805. The van der Waals surface area contributed by atoms with E-state index in [0.717, 1.165) is 11.4 Å². The van der Waals surface area contributed by atoms with Crippen LogP contribution in [0, 0.1) is 0 Å². The highest BCUT2D eigenvalue weighted by atomic mass is 16.2. The minimum Gasteiger partial charge on any atom is -0.334 e. The first kappa shape index (κ1) is 14.8. The van der Waals surface area contributed by atoms with Gasteiger partial charge in [0.15, 0.2) is 0 Å². The number of carbonyl (C=O) groups excluding carboxylic acids is 1. The molecule has 6 nitrogen and oxygen atoms in total. The molecule has 3 rings (SSSR count). The third-order valence-electron chi connectivity index (χ3n) is 3.57. The standard InChI is InChI=1S/C17H16N4O2/c1-20-10-8-18-15(20)12-5-3-6-13(11-12)19-16(22)14-7-4-9-21(2)17(14)23/h3-11H,1-2H3,(H,19,22). The summed E-state index contributed by atoms with van der Waals surface area (Å²) < 4.78 is 3.27. The van der Waals surface area contributed by atoms with Gasteiger partial charge >= 0.3 is 0 Å². The van der Waals surface area contributed by atoms with E-state index in [-0.39, 0.29) is 11.1 Å². The molecule has 0 aliphatic carbocycles. The Morgan fingerprint density at radius 3 is 2.65 bits per heavy atom. The number of benzene rings is 1. The number of pyridine rings is 1. The summed E-state index contributed by atoms with van der Waals surface area (Å²) in [5.74, 6) is 0.375. The van der Waals surface area contributed by atoms with Crippen LogP contribution in [0.1, 0.15) is 10.4 Å². The second-order valence-corrected chi connectivity index (χ2v) is 5.23. The number of aromatic nitrogens is 3. The normalized spacial score (nSPS) is 10.5. The van der Waals surface area contributed by atoms with E-state index in [9.17, 15) is 9.59 Å². The maximum atomic E-state index is 12.3. The molecule has 6 heteroatoms. The molecule has 0 spiro atoms. The highest BCUT2D eigenvalue weighted by Crippen LogP contribution is 2.20. The van der Waals surface area contributed by atoms with Gasteiger partial charge in [-0.25, -0.2) is 4.98 Å². The molecule has 1 aromatic carbocycles. The number of aryl methyl sites for hydroxylation is 2. The van der Waals surface area contributed by atoms with Gasteiger partial charge in [0.05, 0.1) is 0 Å². The molecule has 3 aromatic rings. The first-order valence-electron chi connectivity index (χ1n) is 7.11. The first-order valence-corrected chi connectivity index (χ1v) is 7.11. The van der Waals surface area contributed by atoms with Gasteiger partial charge in [0.25, 0.3) is 11.5 Å². The fourth-order valence-corrected chi connectivity index (χ4v) is 2.35. The lowest BCUT2D eigenvalue weighted by Gasteiger charge is -2.08. The molecule has 2 aromatic heterocycles. The van der Waals surface area contributed by atoms with E-state index in [1.165, 1.54) is 10.6 Å². The van der Waals surface area contributed by atoms with Crippen LogP contribution in [0.3, 0.4) is 0 Å². The van der Waals surface area contributed by atoms with Crippen molar-refractivity contribution in [2.24, 2.45) is 14.1 Å². The van der Waals surface area contributed by atoms with Crippen LogP contribution in [0.15, 0.2) is 59.8 Å². The van der Waals surface area contributed by atoms with E-state index in [0.29, 0.717) is 5.69 Å². The molecule has 23 heavy (non-hydrogen) atoms. The van der Waals surface area contributed by atoms with Crippen LogP contribution in [-0.4, -0.2) is 20.0 Å². The minimum absolute atomic E-state index is 0.109. The second-order valence-electron chi connectivity index (χ2n) is 5.23. The number of anilines is 1. The average Bonchev–Trinajstić information content (AvgIpc) is 2.96. The topological polar surface area (TPSA) is 68.9 Å². The number of nitrogens with zero attached hydrogens (tertiary/aromatic N) is 3. The van der Waals surface area contributed by atoms with E-state index < -0.39 is 5.91 Å². The van der Waals surface area contributed by atoms with Crippen molar-refractivity contribution >= 4 is 11.6 Å². The molecule has 2 heterocycles. The Morgan fingerprint density at radius 2 is 1.91 bits per heavy atom. The van der Waals surface area contributed by atoms with E-state index in [1.54, 1.807) is 31.6 Å². The van der Waals surface area contributed by atoms with Gasteiger partial charge in [-0.2, -0.15) is 0 Å². The highest BCUT2D eigenvalue weighted by Gasteiger charge is 2.12. The minimum atomic E-state index is -0.428. The fourth-order valence-electron chi connectivity index (χ4n) is 2.35. The molecule has 0 aliphatic heterocycles. The third-order valence-corrected chi connectivity index (χ3v) is 3.57. The number of carbonyl (C=O) groups is 1. The molecular weight excluding hydrogens is 292 g/mol. The van der Waals surface area contributed by atoms with Gasteiger partial charge in [0, 0.05) is 43.9 Å². The lowest BCUT2D eigenvalue weighted by atomic mass is 10.1. The third kappa shape index (κ3) is 2.91. The Hall–Kier alpha value is -3.15. The van der Waals surface area contributed by atoms with E-state index in [2.05, 4.69) is 10.3 Å². The molecule has 0 saturated heterocycles. The Kier molecular flexibility index (Phi) is 3.80. The first-order chi connectivity index (χ1) is 11.1. The van der Waals surface area contributed by atoms with Gasteiger partial charge in [-0.15, -0.1) is 0 Å². The molecule has 0 unspecified atom stereocenters. The summed E-state index contributed by atoms with van der Waals surface area (Å²) in [6.45, 7) is 0. The van der Waals surface area contributed by atoms with Gasteiger partial charge in [0.2, 0.25) is 0 Å². The van der Waals surface area contributed by atoms with Crippen molar-refractivity contribution in [3.05, 3.63) is 70.9 Å². The summed E-state index contributed by atoms with van der Waals surface area (Å²) in [4.78, 5) is 28.6. The second kappa shape index (κ2) is 5.92. The SMILES string of the molecule is Cn1ccnc1-c1cccc(NC(=O)c2cccn(C)c2=O)c1. The van der Waals surface area contributed by atoms with Crippen LogP contribution in [0.4, 0.5) is 5.69 Å². The summed E-state index contributed by atoms with van der Waals surface area (Å²) in [7, 11) is 3.52. The number of hydrogen-bond donors (Lipinski definition) is 1. The Morgan fingerprint density at radius 1 is 1.09 bits per heavy atom. The van der Waals surface area contributed by atoms with Crippen molar-refractivity contribution < 1.29 is 4.79 Å². The van der Waals surface area contributed by atoms with Gasteiger partial charge in [0.1, 0.15) is 11.4 Å².